The molecule has 9 heteroatoms. The number of carbonyl (C=O) groups is 1. The molecule has 0 bridgehead atoms. The zero-order valence-corrected chi connectivity index (χ0v) is 21.7. The summed E-state index contributed by atoms with van der Waals surface area (Å²) in [5.41, 5.74) is 3.16. The summed E-state index contributed by atoms with van der Waals surface area (Å²) in [7, 11) is 0. The highest BCUT2D eigenvalue weighted by Gasteiger charge is 2.35. The second-order valence-corrected chi connectivity index (χ2v) is 9.70. The number of benzene rings is 2. The molecule has 4 rings (SSSR count). The van der Waals surface area contributed by atoms with Crippen molar-refractivity contribution >= 4 is 35.3 Å². The van der Waals surface area contributed by atoms with E-state index in [1.54, 1.807) is 16.4 Å². The second kappa shape index (κ2) is 11.6. The number of thioether (sulfide) groups is 1. The maximum atomic E-state index is 13.1. The number of nitrogens with one attached hydrogen (secondary N) is 1. The Hall–Kier alpha value is -2.97. The highest BCUT2D eigenvalue weighted by molar-refractivity contribution is 7.99. The standard InChI is InChI=1S/C26H29ClN4O3S/c1-4-14-33-24(32)22-17(3)28-25-29-26(35-15-5-2)30-31(25)23(22)19-8-12-21(13-9-19)34-16-18-6-10-20(27)11-7-18/h6-13,23H,4-5,14-16H2,1-3H3,(H,28,29,30). The zero-order valence-electron chi connectivity index (χ0n) is 20.1. The molecule has 2 heterocycles. The number of aromatic nitrogens is 3. The molecule has 0 fully saturated rings. The van der Waals surface area contributed by atoms with Crippen LogP contribution in [0.5, 0.6) is 5.75 Å². The Balaban J connectivity index is 1.61. The van der Waals surface area contributed by atoms with Gasteiger partial charge in [0.2, 0.25) is 11.1 Å². The van der Waals surface area contributed by atoms with Crippen molar-refractivity contribution in [2.24, 2.45) is 0 Å². The van der Waals surface area contributed by atoms with Crippen molar-refractivity contribution < 1.29 is 14.3 Å². The number of ether oxygens (including phenoxy) is 2. The monoisotopic (exact) mass is 512 g/mol. The van der Waals surface area contributed by atoms with Gasteiger partial charge in [0, 0.05) is 16.5 Å². The highest BCUT2D eigenvalue weighted by Crippen LogP contribution is 2.37. The van der Waals surface area contributed by atoms with E-state index in [1.165, 1.54) is 0 Å². The van der Waals surface area contributed by atoms with Gasteiger partial charge < -0.3 is 14.8 Å². The molecule has 3 aromatic rings. The minimum atomic E-state index is -0.454. The van der Waals surface area contributed by atoms with E-state index in [4.69, 9.17) is 26.2 Å². The maximum absolute atomic E-state index is 13.1. The third-order valence-electron chi connectivity index (χ3n) is 5.44. The molecule has 2 aromatic carbocycles. The van der Waals surface area contributed by atoms with E-state index in [-0.39, 0.29) is 5.97 Å². The first kappa shape index (κ1) is 25.1. The highest BCUT2D eigenvalue weighted by atomic mass is 35.5. The summed E-state index contributed by atoms with van der Waals surface area (Å²) in [6.07, 6.45) is 1.77. The molecule has 0 spiro atoms. The summed E-state index contributed by atoms with van der Waals surface area (Å²) < 4.78 is 13.2. The number of hydrogen-bond acceptors (Lipinski definition) is 7. The van der Waals surface area contributed by atoms with E-state index in [0.717, 1.165) is 35.5 Å². The van der Waals surface area contributed by atoms with Crippen molar-refractivity contribution in [2.45, 2.75) is 51.4 Å². The zero-order chi connectivity index (χ0) is 24.8. The Kier molecular flexibility index (Phi) is 8.36. The van der Waals surface area contributed by atoms with Crippen LogP contribution in [0.3, 0.4) is 0 Å². The summed E-state index contributed by atoms with van der Waals surface area (Å²) in [6, 6.07) is 14.8. The molecular weight excluding hydrogens is 484 g/mol. The van der Waals surface area contributed by atoms with Gasteiger partial charge in [0.05, 0.1) is 12.2 Å². The number of anilines is 1. The van der Waals surface area contributed by atoms with Crippen LogP contribution in [0, 0.1) is 0 Å². The lowest BCUT2D eigenvalue weighted by molar-refractivity contribution is -0.139. The van der Waals surface area contributed by atoms with Crippen LogP contribution in [0.1, 0.15) is 50.8 Å². The van der Waals surface area contributed by atoms with Gasteiger partial charge in [-0.1, -0.05) is 61.5 Å². The number of nitrogens with zero attached hydrogens (tertiary/aromatic N) is 3. The Labute approximate surface area is 214 Å². The van der Waals surface area contributed by atoms with Crippen LogP contribution in [0.25, 0.3) is 0 Å². The van der Waals surface area contributed by atoms with Crippen molar-refractivity contribution in [3.63, 3.8) is 0 Å². The molecule has 1 unspecified atom stereocenters. The predicted octanol–water partition coefficient (Wildman–Crippen LogP) is 6.25. The van der Waals surface area contributed by atoms with Crippen LogP contribution in [0.4, 0.5) is 5.95 Å². The summed E-state index contributed by atoms with van der Waals surface area (Å²) in [4.78, 5) is 17.7. The normalized spacial score (nSPS) is 14.9. The molecule has 1 aliphatic heterocycles. The Bertz CT molecular complexity index is 1190. The minimum absolute atomic E-state index is 0.353. The van der Waals surface area contributed by atoms with Gasteiger partial charge >= 0.3 is 5.97 Å². The number of rotatable bonds is 10. The number of esters is 1. The van der Waals surface area contributed by atoms with Crippen LogP contribution >= 0.6 is 23.4 Å². The van der Waals surface area contributed by atoms with E-state index in [9.17, 15) is 4.79 Å². The Morgan fingerprint density at radius 2 is 1.86 bits per heavy atom. The molecule has 35 heavy (non-hydrogen) atoms. The van der Waals surface area contributed by atoms with Crippen molar-refractivity contribution in [3.8, 4) is 5.75 Å². The molecule has 0 aliphatic carbocycles. The smallest absolute Gasteiger partial charge is 0.338 e. The number of fused-ring (bicyclic) bond motifs is 1. The summed E-state index contributed by atoms with van der Waals surface area (Å²) in [5, 5.41) is 9.33. The molecule has 1 aliphatic rings. The molecular formula is C26H29ClN4O3S. The van der Waals surface area contributed by atoms with Crippen molar-refractivity contribution in [1.82, 2.24) is 14.8 Å². The van der Waals surface area contributed by atoms with Crippen molar-refractivity contribution in [2.75, 3.05) is 17.7 Å². The fourth-order valence-electron chi connectivity index (χ4n) is 3.72. The number of hydrogen-bond donors (Lipinski definition) is 1. The molecule has 184 valence electrons. The lowest BCUT2D eigenvalue weighted by Crippen LogP contribution is -2.29. The first-order valence-electron chi connectivity index (χ1n) is 11.7. The number of halogens is 1. The second-order valence-electron chi connectivity index (χ2n) is 8.20. The van der Waals surface area contributed by atoms with E-state index in [2.05, 4.69) is 17.2 Å². The molecule has 0 saturated heterocycles. The molecule has 1 aromatic heterocycles. The number of allylic oxidation sites excluding steroid dienone is 1. The molecule has 1 atom stereocenters. The summed E-state index contributed by atoms with van der Waals surface area (Å²) in [6.45, 7) is 6.76. The van der Waals surface area contributed by atoms with Gasteiger partial charge in [0.25, 0.3) is 0 Å². The number of carbonyl (C=O) groups excluding carboxylic acids is 1. The van der Waals surface area contributed by atoms with Crippen molar-refractivity contribution in [1.29, 1.82) is 0 Å². The average molecular weight is 513 g/mol. The van der Waals surface area contributed by atoms with E-state index >= 15 is 0 Å². The fourth-order valence-corrected chi connectivity index (χ4v) is 4.53. The average Bonchev–Trinajstić information content (AvgIpc) is 3.27. The third-order valence-corrected chi connectivity index (χ3v) is 6.74. The Morgan fingerprint density at radius 3 is 2.54 bits per heavy atom. The van der Waals surface area contributed by atoms with E-state index in [1.807, 2.05) is 62.4 Å². The molecule has 7 nitrogen and oxygen atoms in total. The largest absolute Gasteiger partial charge is 0.489 e. The van der Waals surface area contributed by atoms with E-state index in [0.29, 0.717) is 40.6 Å². The van der Waals surface area contributed by atoms with Gasteiger partial charge in [0.1, 0.15) is 18.4 Å². The van der Waals surface area contributed by atoms with Gasteiger partial charge in [-0.15, -0.1) is 5.10 Å². The first-order chi connectivity index (χ1) is 17.0. The van der Waals surface area contributed by atoms with Gasteiger partial charge in [-0.3, -0.25) is 0 Å². The van der Waals surface area contributed by atoms with Crippen LogP contribution in [0.15, 0.2) is 65.0 Å². The minimum Gasteiger partial charge on any atom is -0.489 e. The fraction of sp³-hybridized carbons (Fsp3) is 0.346. The maximum Gasteiger partial charge on any atom is 0.338 e. The van der Waals surface area contributed by atoms with Gasteiger partial charge in [0.15, 0.2) is 0 Å². The van der Waals surface area contributed by atoms with Gasteiger partial charge in [-0.25, -0.2) is 9.48 Å². The van der Waals surface area contributed by atoms with Gasteiger partial charge in [-0.05, 0) is 55.2 Å². The van der Waals surface area contributed by atoms with Crippen LogP contribution in [-0.4, -0.2) is 33.1 Å². The Morgan fingerprint density at radius 1 is 1.11 bits per heavy atom. The molecule has 0 saturated carbocycles. The van der Waals surface area contributed by atoms with Crippen molar-refractivity contribution in [3.05, 3.63) is 76.0 Å². The molecule has 1 N–H and O–H groups in total. The topological polar surface area (TPSA) is 78.3 Å². The van der Waals surface area contributed by atoms with Crippen LogP contribution in [-0.2, 0) is 16.1 Å². The summed E-state index contributed by atoms with van der Waals surface area (Å²) in [5.74, 6) is 1.91. The predicted molar refractivity (Wildman–Crippen MR) is 139 cm³/mol. The lowest BCUT2D eigenvalue weighted by atomic mass is 9.96. The SMILES string of the molecule is CCCOC(=O)C1=C(C)Nc2nc(SCCC)nn2C1c1ccc(OCc2ccc(Cl)cc2)cc1. The molecule has 0 radical (unpaired) electrons. The lowest BCUT2D eigenvalue weighted by Gasteiger charge is -2.28. The van der Waals surface area contributed by atoms with Crippen LogP contribution in [0.2, 0.25) is 5.02 Å². The molecule has 0 amide bonds. The quantitative estimate of drug-likeness (QED) is 0.254. The summed E-state index contributed by atoms with van der Waals surface area (Å²) >= 11 is 7.56. The van der Waals surface area contributed by atoms with E-state index < -0.39 is 6.04 Å². The first-order valence-corrected chi connectivity index (χ1v) is 13.1. The van der Waals surface area contributed by atoms with Crippen LogP contribution < -0.4 is 10.1 Å². The van der Waals surface area contributed by atoms with Gasteiger partial charge in [-0.2, -0.15) is 4.98 Å². The third kappa shape index (κ3) is 6.00.